The van der Waals surface area contributed by atoms with E-state index in [9.17, 15) is 4.79 Å². The van der Waals surface area contributed by atoms with E-state index in [1.807, 2.05) is 4.90 Å². The minimum Gasteiger partial charge on any atom is -0.493 e. The first-order valence-electron chi connectivity index (χ1n) is 8.45. The molecule has 0 spiro atoms. The summed E-state index contributed by atoms with van der Waals surface area (Å²) in [5.74, 6) is 1.88. The van der Waals surface area contributed by atoms with Crippen molar-refractivity contribution in [2.24, 2.45) is 0 Å². The minimum absolute atomic E-state index is 0.306. The quantitative estimate of drug-likeness (QED) is 0.833. The van der Waals surface area contributed by atoms with E-state index in [1.165, 1.54) is 11.1 Å². The standard InChI is InChI=1S/C18H26N2O3/c1-22-16-11-14-5-9-19(13-15(14)12-17(16)23-2)10-6-18(21)20-7-3-4-8-20/h11-12H,3-10,13H2,1-2H3. The van der Waals surface area contributed by atoms with E-state index in [0.717, 1.165) is 63.5 Å². The summed E-state index contributed by atoms with van der Waals surface area (Å²) in [7, 11) is 3.34. The number of rotatable bonds is 5. The number of hydrogen-bond donors (Lipinski definition) is 0. The van der Waals surface area contributed by atoms with Crippen molar-refractivity contribution in [3.63, 3.8) is 0 Å². The fraction of sp³-hybridized carbons (Fsp3) is 0.611. The summed E-state index contributed by atoms with van der Waals surface area (Å²) < 4.78 is 10.8. The maximum atomic E-state index is 12.2. The number of fused-ring (bicyclic) bond motifs is 1. The molecule has 2 aliphatic rings. The van der Waals surface area contributed by atoms with E-state index in [1.54, 1.807) is 14.2 Å². The van der Waals surface area contributed by atoms with Crippen molar-refractivity contribution >= 4 is 5.91 Å². The van der Waals surface area contributed by atoms with Crippen LogP contribution in [0.25, 0.3) is 0 Å². The highest BCUT2D eigenvalue weighted by molar-refractivity contribution is 5.76. The summed E-state index contributed by atoms with van der Waals surface area (Å²) in [6.45, 7) is 4.60. The first-order chi connectivity index (χ1) is 11.2. The monoisotopic (exact) mass is 318 g/mol. The van der Waals surface area contributed by atoms with E-state index in [0.29, 0.717) is 12.3 Å². The number of methoxy groups -OCH3 is 2. The molecule has 0 radical (unpaired) electrons. The predicted octanol–water partition coefficient (Wildman–Crippen LogP) is 2.07. The number of benzene rings is 1. The first kappa shape index (κ1) is 16.1. The highest BCUT2D eigenvalue weighted by Gasteiger charge is 2.22. The Kier molecular flexibility index (Phi) is 5.06. The number of likely N-dealkylation sites (tertiary alicyclic amines) is 1. The fourth-order valence-electron chi connectivity index (χ4n) is 3.51. The van der Waals surface area contributed by atoms with Gasteiger partial charge in [-0.3, -0.25) is 9.69 Å². The van der Waals surface area contributed by atoms with Crippen molar-refractivity contribution in [1.82, 2.24) is 9.80 Å². The fourth-order valence-corrected chi connectivity index (χ4v) is 3.51. The van der Waals surface area contributed by atoms with Crippen molar-refractivity contribution in [3.8, 4) is 11.5 Å². The predicted molar refractivity (Wildman–Crippen MR) is 89.0 cm³/mol. The lowest BCUT2D eigenvalue weighted by molar-refractivity contribution is -0.130. The van der Waals surface area contributed by atoms with E-state index in [2.05, 4.69) is 17.0 Å². The molecule has 126 valence electrons. The van der Waals surface area contributed by atoms with Gasteiger partial charge in [0, 0.05) is 39.1 Å². The molecule has 0 saturated carbocycles. The first-order valence-corrected chi connectivity index (χ1v) is 8.45. The van der Waals surface area contributed by atoms with Gasteiger partial charge in [-0.2, -0.15) is 0 Å². The smallest absolute Gasteiger partial charge is 0.223 e. The molecule has 0 unspecified atom stereocenters. The van der Waals surface area contributed by atoms with E-state index < -0.39 is 0 Å². The maximum absolute atomic E-state index is 12.2. The normalized spacial score (nSPS) is 17.9. The van der Waals surface area contributed by atoms with Crippen LogP contribution in [0.4, 0.5) is 0 Å². The van der Waals surface area contributed by atoms with Crippen LogP contribution in [0.3, 0.4) is 0 Å². The molecule has 1 saturated heterocycles. The lowest BCUT2D eigenvalue weighted by Gasteiger charge is -2.29. The van der Waals surface area contributed by atoms with Crippen LogP contribution in [-0.4, -0.2) is 56.1 Å². The summed E-state index contributed by atoms with van der Waals surface area (Å²) in [5.41, 5.74) is 2.60. The largest absolute Gasteiger partial charge is 0.493 e. The van der Waals surface area contributed by atoms with Crippen molar-refractivity contribution in [2.75, 3.05) is 40.4 Å². The molecule has 1 fully saturated rings. The average molecular weight is 318 g/mol. The van der Waals surface area contributed by atoms with Gasteiger partial charge in [0.25, 0.3) is 0 Å². The molecule has 5 nitrogen and oxygen atoms in total. The minimum atomic E-state index is 0.306. The molecule has 0 N–H and O–H groups in total. The second kappa shape index (κ2) is 7.21. The number of ether oxygens (including phenoxy) is 2. The lowest BCUT2D eigenvalue weighted by Crippen LogP contribution is -2.35. The molecule has 2 heterocycles. The van der Waals surface area contributed by atoms with Gasteiger partial charge in [0.2, 0.25) is 5.91 Å². The highest BCUT2D eigenvalue weighted by Crippen LogP contribution is 2.33. The van der Waals surface area contributed by atoms with E-state index in [4.69, 9.17) is 9.47 Å². The Morgan fingerprint density at radius 1 is 1.04 bits per heavy atom. The SMILES string of the molecule is COc1cc2c(cc1OC)CN(CCC(=O)N1CCCC1)CC2. The molecule has 0 aliphatic carbocycles. The van der Waals surface area contributed by atoms with Gasteiger partial charge in [-0.25, -0.2) is 0 Å². The van der Waals surface area contributed by atoms with E-state index in [-0.39, 0.29) is 0 Å². The van der Waals surface area contributed by atoms with Crippen LogP contribution >= 0.6 is 0 Å². The molecular formula is C18H26N2O3. The van der Waals surface area contributed by atoms with Gasteiger partial charge >= 0.3 is 0 Å². The molecule has 0 aromatic heterocycles. The second-order valence-electron chi connectivity index (χ2n) is 6.34. The highest BCUT2D eigenvalue weighted by atomic mass is 16.5. The van der Waals surface area contributed by atoms with Gasteiger partial charge in [0.15, 0.2) is 11.5 Å². The second-order valence-corrected chi connectivity index (χ2v) is 6.34. The Morgan fingerprint density at radius 3 is 2.35 bits per heavy atom. The zero-order valence-corrected chi connectivity index (χ0v) is 14.1. The van der Waals surface area contributed by atoms with Gasteiger partial charge in [-0.05, 0) is 42.5 Å². The molecule has 23 heavy (non-hydrogen) atoms. The summed E-state index contributed by atoms with van der Waals surface area (Å²) in [4.78, 5) is 16.5. The Balaban J connectivity index is 1.60. The molecule has 3 rings (SSSR count). The topological polar surface area (TPSA) is 42.0 Å². The number of nitrogens with zero attached hydrogens (tertiary/aromatic N) is 2. The van der Waals surface area contributed by atoms with Gasteiger partial charge in [0.1, 0.15) is 0 Å². The molecule has 0 atom stereocenters. The van der Waals surface area contributed by atoms with Gasteiger partial charge in [-0.1, -0.05) is 0 Å². The Morgan fingerprint density at radius 2 is 1.70 bits per heavy atom. The zero-order chi connectivity index (χ0) is 16.2. The van der Waals surface area contributed by atoms with Crippen LogP contribution < -0.4 is 9.47 Å². The molecule has 0 bridgehead atoms. The Bertz CT molecular complexity index is 568. The van der Waals surface area contributed by atoms with Crippen molar-refractivity contribution < 1.29 is 14.3 Å². The van der Waals surface area contributed by atoms with E-state index >= 15 is 0 Å². The van der Waals surface area contributed by atoms with Crippen LogP contribution in [0.15, 0.2) is 12.1 Å². The number of hydrogen-bond acceptors (Lipinski definition) is 4. The zero-order valence-electron chi connectivity index (χ0n) is 14.1. The maximum Gasteiger partial charge on any atom is 0.223 e. The van der Waals surface area contributed by atoms with Crippen LogP contribution in [0.2, 0.25) is 0 Å². The molecule has 5 heteroatoms. The number of carbonyl (C=O) groups is 1. The van der Waals surface area contributed by atoms with Gasteiger partial charge in [0.05, 0.1) is 14.2 Å². The third-order valence-corrected chi connectivity index (χ3v) is 4.90. The summed E-state index contributed by atoms with van der Waals surface area (Å²) >= 11 is 0. The van der Waals surface area contributed by atoms with Crippen molar-refractivity contribution in [1.29, 1.82) is 0 Å². The molecule has 2 aliphatic heterocycles. The molecule has 1 aromatic carbocycles. The van der Waals surface area contributed by atoms with Crippen LogP contribution in [-0.2, 0) is 17.8 Å². The Hall–Kier alpha value is -1.75. The number of amides is 1. The Labute approximate surface area is 138 Å². The third kappa shape index (κ3) is 3.61. The van der Waals surface area contributed by atoms with Gasteiger partial charge in [-0.15, -0.1) is 0 Å². The average Bonchev–Trinajstić information content (AvgIpc) is 3.12. The van der Waals surface area contributed by atoms with Crippen molar-refractivity contribution in [3.05, 3.63) is 23.3 Å². The lowest BCUT2D eigenvalue weighted by atomic mass is 9.98. The van der Waals surface area contributed by atoms with Crippen LogP contribution in [0.5, 0.6) is 11.5 Å². The molecule has 1 amide bonds. The summed E-state index contributed by atoms with van der Waals surface area (Å²) in [6, 6.07) is 4.16. The molecule has 1 aromatic rings. The van der Waals surface area contributed by atoms with Crippen LogP contribution in [0, 0.1) is 0 Å². The van der Waals surface area contributed by atoms with Crippen LogP contribution in [0.1, 0.15) is 30.4 Å². The van der Waals surface area contributed by atoms with Crippen molar-refractivity contribution in [2.45, 2.75) is 32.2 Å². The van der Waals surface area contributed by atoms with Gasteiger partial charge < -0.3 is 14.4 Å². The number of carbonyl (C=O) groups excluding carboxylic acids is 1. The summed E-state index contributed by atoms with van der Waals surface area (Å²) in [6.07, 6.45) is 3.94. The third-order valence-electron chi connectivity index (χ3n) is 4.90. The molecular weight excluding hydrogens is 292 g/mol. The summed E-state index contributed by atoms with van der Waals surface area (Å²) in [5, 5.41) is 0.